The molecule has 0 bridgehead atoms. The van der Waals surface area contributed by atoms with Crippen LogP contribution >= 0.6 is 24.8 Å². The summed E-state index contributed by atoms with van der Waals surface area (Å²) in [6.45, 7) is 2.04. The average molecular weight is 487 g/mol. The number of hydrogen-bond donors (Lipinski definition) is 2. The number of benzene rings is 3. The second-order valence-corrected chi connectivity index (χ2v) is 7.35. The molecular weight excluding hydrogens is 459 g/mol. The molecule has 3 N–H and O–H groups in total. The molecule has 1 aromatic heterocycles. The number of nitrogens with two attached hydrogens (primary N) is 1. The summed E-state index contributed by atoms with van der Waals surface area (Å²) in [6, 6.07) is 23.7. The Labute approximate surface area is 205 Å². The van der Waals surface area contributed by atoms with Gasteiger partial charge in [-0.25, -0.2) is 0 Å². The molecule has 174 valence electrons. The van der Waals surface area contributed by atoms with Crippen molar-refractivity contribution in [3.05, 3.63) is 88.6 Å². The van der Waals surface area contributed by atoms with Gasteiger partial charge in [0.05, 0.1) is 12.5 Å². The van der Waals surface area contributed by atoms with Gasteiger partial charge in [-0.1, -0.05) is 66.7 Å². The number of hydrogen-bond acceptors (Lipinski definition) is 5. The summed E-state index contributed by atoms with van der Waals surface area (Å²) in [7, 11) is 1.50. The van der Waals surface area contributed by atoms with Crippen molar-refractivity contribution in [3.63, 3.8) is 0 Å². The molecule has 0 saturated carbocycles. The maximum absolute atomic E-state index is 13.1. The number of fused-ring (bicyclic) bond motifs is 1. The summed E-state index contributed by atoms with van der Waals surface area (Å²) >= 11 is 0. The Bertz CT molecular complexity index is 1230. The van der Waals surface area contributed by atoms with Gasteiger partial charge in [-0.2, -0.15) is 0 Å². The van der Waals surface area contributed by atoms with Gasteiger partial charge in [-0.3, -0.25) is 4.79 Å². The fourth-order valence-corrected chi connectivity index (χ4v) is 3.67. The molecule has 0 fully saturated rings. The summed E-state index contributed by atoms with van der Waals surface area (Å²) in [4.78, 5) is 13.1. The van der Waals surface area contributed by atoms with Crippen molar-refractivity contribution in [1.29, 1.82) is 0 Å². The first-order valence-electron chi connectivity index (χ1n) is 10.4. The van der Waals surface area contributed by atoms with E-state index in [9.17, 15) is 4.79 Å². The number of nitrogens with one attached hydrogen (secondary N) is 1. The number of methoxy groups -OCH3 is 1. The SMILES string of the molecule is COc1c(-c2ccc(-c3ccccc3)cc2)oc2c(CNCCCN)cccc2c1=O.Cl.Cl. The fraction of sp³-hybridized carbons (Fsp3) is 0.192. The van der Waals surface area contributed by atoms with E-state index in [1.807, 2.05) is 54.6 Å². The first-order chi connectivity index (χ1) is 15.2. The van der Waals surface area contributed by atoms with Crippen LogP contribution in [0.2, 0.25) is 0 Å². The molecule has 3 aromatic carbocycles. The highest BCUT2D eigenvalue weighted by Gasteiger charge is 2.18. The Morgan fingerprint density at radius 3 is 2.21 bits per heavy atom. The number of halogens is 2. The minimum absolute atomic E-state index is 0. The van der Waals surface area contributed by atoms with Crippen molar-refractivity contribution in [3.8, 4) is 28.2 Å². The zero-order valence-corrected chi connectivity index (χ0v) is 20.0. The van der Waals surface area contributed by atoms with E-state index in [0.717, 1.165) is 35.2 Å². The topological polar surface area (TPSA) is 77.5 Å². The molecule has 4 rings (SSSR count). The van der Waals surface area contributed by atoms with Gasteiger partial charge in [0.25, 0.3) is 0 Å². The highest BCUT2D eigenvalue weighted by Crippen LogP contribution is 2.33. The van der Waals surface area contributed by atoms with E-state index in [1.54, 1.807) is 6.07 Å². The minimum atomic E-state index is -0.172. The van der Waals surface area contributed by atoms with Crippen LogP contribution in [0.5, 0.6) is 5.75 Å². The molecule has 0 aliphatic rings. The van der Waals surface area contributed by atoms with Crippen LogP contribution in [0.25, 0.3) is 33.4 Å². The van der Waals surface area contributed by atoms with Crippen LogP contribution in [-0.2, 0) is 6.54 Å². The van der Waals surface area contributed by atoms with Gasteiger partial charge in [0, 0.05) is 17.7 Å². The number of rotatable bonds is 8. The molecule has 0 radical (unpaired) electrons. The largest absolute Gasteiger partial charge is 0.490 e. The lowest BCUT2D eigenvalue weighted by molar-refractivity contribution is 0.398. The van der Waals surface area contributed by atoms with E-state index in [0.29, 0.717) is 29.8 Å². The van der Waals surface area contributed by atoms with Crippen LogP contribution in [0.15, 0.2) is 82.0 Å². The molecule has 0 saturated heterocycles. The summed E-state index contributed by atoms with van der Waals surface area (Å²) in [5, 5.41) is 3.87. The van der Waals surface area contributed by atoms with Crippen LogP contribution in [0, 0.1) is 0 Å². The Balaban J connectivity index is 0.00000193. The first kappa shape index (κ1) is 26.4. The summed E-state index contributed by atoms with van der Waals surface area (Å²) in [5.41, 5.74) is 9.92. The number of ether oxygens (including phenoxy) is 1. The molecule has 0 aliphatic heterocycles. The van der Waals surface area contributed by atoms with Crippen molar-refractivity contribution in [2.75, 3.05) is 20.2 Å². The highest BCUT2D eigenvalue weighted by molar-refractivity contribution is 5.86. The maximum Gasteiger partial charge on any atom is 0.235 e. The van der Waals surface area contributed by atoms with Crippen LogP contribution in [0.1, 0.15) is 12.0 Å². The van der Waals surface area contributed by atoms with Gasteiger partial charge >= 0.3 is 0 Å². The van der Waals surface area contributed by atoms with E-state index < -0.39 is 0 Å². The van der Waals surface area contributed by atoms with E-state index in [-0.39, 0.29) is 36.0 Å². The molecule has 0 unspecified atom stereocenters. The van der Waals surface area contributed by atoms with E-state index in [1.165, 1.54) is 7.11 Å². The molecule has 1 heterocycles. The predicted octanol–water partition coefficient (Wildman–Crippen LogP) is 5.42. The molecule has 0 spiro atoms. The van der Waals surface area contributed by atoms with Gasteiger partial charge in [0.1, 0.15) is 5.58 Å². The molecule has 4 aromatic rings. The third-order valence-corrected chi connectivity index (χ3v) is 5.29. The standard InChI is InChI=1S/C26H26N2O3.2ClH/c1-30-26-23(29)22-10-5-9-21(17-28-16-6-15-27)24(22)31-25(26)20-13-11-19(12-14-20)18-7-3-2-4-8-18;;/h2-5,7-14,28H,6,15-17,27H2,1H3;2*1H. The monoisotopic (exact) mass is 486 g/mol. The minimum Gasteiger partial charge on any atom is -0.490 e. The zero-order chi connectivity index (χ0) is 21.6. The van der Waals surface area contributed by atoms with Crippen LogP contribution in [0.3, 0.4) is 0 Å². The van der Waals surface area contributed by atoms with Gasteiger partial charge < -0.3 is 20.2 Å². The van der Waals surface area contributed by atoms with Crippen LogP contribution in [-0.4, -0.2) is 20.2 Å². The molecular formula is C26H28Cl2N2O3. The smallest absolute Gasteiger partial charge is 0.235 e. The lowest BCUT2D eigenvalue weighted by atomic mass is 10.0. The van der Waals surface area contributed by atoms with E-state index in [2.05, 4.69) is 17.4 Å². The van der Waals surface area contributed by atoms with Crippen molar-refractivity contribution in [2.24, 2.45) is 5.73 Å². The molecule has 0 aliphatic carbocycles. The van der Waals surface area contributed by atoms with Crippen molar-refractivity contribution >= 4 is 35.8 Å². The van der Waals surface area contributed by atoms with Gasteiger partial charge in [0.2, 0.25) is 11.2 Å². The van der Waals surface area contributed by atoms with Gasteiger partial charge in [0.15, 0.2) is 5.76 Å². The maximum atomic E-state index is 13.1. The molecule has 5 nitrogen and oxygen atoms in total. The van der Waals surface area contributed by atoms with Crippen molar-refractivity contribution in [2.45, 2.75) is 13.0 Å². The van der Waals surface area contributed by atoms with Gasteiger partial charge in [-0.05, 0) is 36.7 Å². The molecule has 7 heteroatoms. The second-order valence-electron chi connectivity index (χ2n) is 7.35. The zero-order valence-electron chi connectivity index (χ0n) is 18.4. The van der Waals surface area contributed by atoms with Crippen LogP contribution in [0.4, 0.5) is 0 Å². The van der Waals surface area contributed by atoms with Gasteiger partial charge in [-0.15, -0.1) is 24.8 Å². The normalized spacial score (nSPS) is 10.4. The Hall–Kier alpha value is -2.83. The predicted molar refractivity (Wildman–Crippen MR) is 140 cm³/mol. The molecule has 0 atom stereocenters. The highest BCUT2D eigenvalue weighted by atomic mass is 35.5. The molecule has 33 heavy (non-hydrogen) atoms. The Morgan fingerprint density at radius 1 is 0.879 bits per heavy atom. The van der Waals surface area contributed by atoms with E-state index >= 15 is 0 Å². The summed E-state index contributed by atoms with van der Waals surface area (Å²) in [6.07, 6.45) is 0.890. The second kappa shape index (κ2) is 12.4. The van der Waals surface area contributed by atoms with Crippen molar-refractivity contribution in [1.82, 2.24) is 5.32 Å². The lowest BCUT2D eigenvalue weighted by Gasteiger charge is -2.12. The molecule has 0 amide bonds. The van der Waals surface area contributed by atoms with Crippen LogP contribution < -0.4 is 21.2 Å². The summed E-state index contributed by atoms with van der Waals surface area (Å²) < 4.78 is 11.8. The summed E-state index contributed by atoms with van der Waals surface area (Å²) in [5.74, 6) is 0.655. The van der Waals surface area contributed by atoms with Crippen molar-refractivity contribution < 1.29 is 9.15 Å². The number of para-hydroxylation sites is 1. The Kier molecular flexibility index (Phi) is 9.95. The third-order valence-electron chi connectivity index (χ3n) is 5.29. The fourth-order valence-electron chi connectivity index (χ4n) is 3.67. The quantitative estimate of drug-likeness (QED) is 0.325. The average Bonchev–Trinajstić information content (AvgIpc) is 2.82. The third kappa shape index (κ3) is 5.75. The van der Waals surface area contributed by atoms with E-state index in [4.69, 9.17) is 14.9 Å². The Morgan fingerprint density at radius 2 is 1.55 bits per heavy atom. The lowest BCUT2D eigenvalue weighted by Crippen LogP contribution is -2.18. The first-order valence-corrected chi connectivity index (χ1v) is 10.4.